The van der Waals surface area contributed by atoms with Crippen molar-refractivity contribution in [2.75, 3.05) is 0 Å². The maximum Gasteiger partial charge on any atom is -0.0171 e. The van der Waals surface area contributed by atoms with E-state index < -0.39 is 0 Å². The summed E-state index contributed by atoms with van der Waals surface area (Å²) in [6.07, 6.45) is 9.18. The van der Waals surface area contributed by atoms with E-state index in [0.717, 1.165) is 29.6 Å². The third-order valence-corrected chi connectivity index (χ3v) is 4.37. The standard InChI is InChI=1S/C13H22/c1-4-10(5-2)9(3)12-7-6-11-8-13(11)12/h6-7,9-13H,4-5,8H2,1-3H3/t9?,11?,12-,13?/m0/s1. The molecule has 0 aromatic carbocycles. The highest BCUT2D eigenvalue weighted by atomic mass is 14.5. The van der Waals surface area contributed by atoms with Crippen LogP contribution in [0.4, 0.5) is 0 Å². The van der Waals surface area contributed by atoms with E-state index in [1.807, 2.05) is 0 Å². The molecule has 3 unspecified atom stereocenters. The fourth-order valence-corrected chi connectivity index (χ4v) is 3.22. The normalized spacial score (nSPS) is 38.0. The zero-order valence-electron chi connectivity index (χ0n) is 9.16. The minimum Gasteiger partial charge on any atom is -0.0848 e. The summed E-state index contributed by atoms with van der Waals surface area (Å²) in [5.74, 6) is 4.84. The van der Waals surface area contributed by atoms with Crippen LogP contribution in [0.3, 0.4) is 0 Å². The van der Waals surface area contributed by atoms with Gasteiger partial charge in [0.05, 0.1) is 0 Å². The van der Waals surface area contributed by atoms with Gasteiger partial charge in [0.15, 0.2) is 0 Å². The average Bonchev–Trinajstić information content (AvgIpc) is 2.80. The highest BCUT2D eigenvalue weighted by Crippen LogP contribution is 2.54. The van der Waals surface area contributed by atoms with Gasteiger partial charge < -0.3 is 0 Å². The second-order valence-electron chi connectivity index (χ2n) is 4.96. The Balaban J connectivity index is 1.95. The lowest BCUT2D eigenvalue weighted by molar-refractivity contribution is 0.252. The SMILES string of the molecule is CCC(CC)C(C)[C@@H]1C=CC2CC21. The second-order valence-corrected chi connectivity index (χ2v) is 4.96. The van der Waals surface area contributed by atoms with Gasteiger partial charge in [-0.1, -0.05) is 45.8 Å². The Bertz CT molecular complexity index is 200. The Labute approximate surface area is 82.4 Å². The zero-order chi connectivity index (χ0) is 9.42. The van der Waals surface area contributed by atoms with Crippen molar-refractivity contribution in [2.45, 2.75) is 40.0 Å². The van der Waals surface area contributed by atoms with Gasteiger partial charge in [-0.3, -0.25) is 0 Å². The van der Waals surface area contributed by atoms with E-state index >= 15 is 0 Å². The van der Waals surface area contributed by atoms with E-state index in [2.05, 4.69) is 32.9 Å². The van der Waals surface area contributed by atoms with E-state index in [1.165, 1.54) is 19.3 Å². The molecule has 1 saturated carbocycles. The maximum atomic E-state index is 2.50. The molecule has 0 N–H and O–H groups in total. The molecule has 0 heteroatoms. The van der Waals surface area contributed by atoms with Crippen LogP contribution >= 0.6 is 0 Å². The first kappa shape index (κ1) is 9.30. The van der Waals surface area contributed by atoms with Crippen molar-refractivity contribution in [3.05, 3.63) is 12.2 Å². The van der Waals surface area contributed by atoms with Crippen molar-refractivity contribution in [2.24, 2.45) is 29.6 Å². The first-order valence-electron chi connectivity index (χ1n) is 5.96. The molecule has 2 rings (SSSR count). The van der Waals surface area contributed by atoms with Crippen molar-refractivity contribution in [3.8, 4) is 0 Å². The molecule has 0 saturated heterocycles. The molecule has 0 bridgehead atoms. The van der Waals surface area contributed by atoms with Crippen LogP contribution in [0.1, 0.15) is 40.0 Å². The van der Waals surface area contributed by atoms with Gasteiger partial charge >= 0.3 is 0 Å². The molecular formula is C13H22. The van der Waals surface area contributed by atoms with Crippen molar-refractivity contribution in [3.63, 3.8) is 0 Å². The molecule has 2 aliphatic carbocycles. The fourth-order valence-electron chi connectivity index (χ4n) is 3.22. The highest BCUT2D eigenvalue weighted by molar-refractivity contribution is 5.17. The lowest BCUT2D eigenvalue weighted by Crippen LogP contribution is -2.19. The van der Waals surface area contributed by atoms with Crippen molar-refractivity contribution in [1.29, 1.82) is 0 Å². The van der Waals surface area contributed by atoms with Crippen molar-refractivity contribution in [1.82, 2.24) is 0 Å². The van der Waals surface area contributed by atoms with Gasteiger partial charge in [-0.15, -0.1) is 0 Å². The molecule has 0 heterocycles. The number of rotatable bonds is 4. The first-order chi connectivity index (χ1) is 6.27. The number of hydrogen-bond acceptors (Lipinski definition) is 0. The number of allylic oxidation sites excluding steroid dienone is 2. The van der Waals surface area contributed by atoms with E-state index in [-0.39, 0.29) is 0 Å². The quantitative estimate of drug-likeness (QED) is 0.573. The molecule has 0 aliphatic heterocycles. The molecule has 74 valence electrons. The van der Waals surface area contributed by atoms with Gasteiger partial charge in [0, 0.05) is 0 Å². The molecule has 0 aromatic heterocycles. The van der Waals surface area contributed by atoms with Crippen molar-refractivity contribution >= 4 is 0 Å². The van der Waals surface area contributed by atoms with Crippen LogP contribution in [0.25, 0.3) is 0 Å². The Kier molecular flexibility index (Phi) is 2.49. The van der Waals surface area contributed by atoms with Crippen LogP contribution < -0.4 is 0 Å². The molecule has 13 heavy (non-hydrogen) atoms. The Morgan fingerprint density at radius 3 is 2.31 bits per heavy atom. The van der Waals surface area contributed by atoms with Gasteiger partial charge in [-0.2, -0.15) is 0 Å². The molecule has 0 spiro atoms. The van der Waals surface area contributed by atoms with E-state index in [9.17, 15) is 0 Å². The lowest BCUT2D eigenvalue weighted by atomic mass is 9.78. The number of fused-ring (bicyclic) bond motifs is 1. The van der Waals surface area contributed by atoms with Gasteiger partial charge in [0.25, 0.3) is 0 Å². The zero-order valence-corrected chi connectivity index (χ0v) is 9.16. The minimum absolute atomic E-state index is 0.920. The summed E-state index contributed by atoms with van der Waals surface area (Å²) in [6, 6.07) is 0. The van der Waals surface area contributed by atoms with Crippen LogP contribution in [0.15, 0.2) is 12.2 Å². The molecule has 0 radical (unpaired) electrons. The first-order valence-corrected chi connectivity index (χ1v) is 5.96. The smallest absolute Gasteiger partial charge is 0.0171 e. The van der Waals surface area contributed by atoms with Crippen LogP contribution in [-0.4, -0.2) is 0 Å². The summed E-state index contributed by atoms with van der Waals surface area (Å²) < 4.78 is 0. The summed E-state index contributed by atoms with van der Waals surface area (Å²) in [5, 5.41) is 0. The average molecular weight is 178 g/mol. The summed E-state index contributed by atoms with van der Waals surface area (Å²) in [6.45, 7) is 7.15. The molecule has 4 atom stereocenters. The molecule has 1 fully saturated rings. The minimum atomic E-state index is 0.920. The Morgan fingerprint density at radius 1 is 1.23 bits per heavy atom. The molecule has 0 amide bonds. The van der Waals surface area contributed by atoms with Crippen LogP contribution in [0.5, 0.6) is 0 Å². The summed E-state index contributed by atoms with van der Waals surface area (Å²) >= 11 is 0. The summed E-state index contributed by atoms with van der Waals surface area (Å²) in [4.78, 5) is 0. The van der Waals surface area contributed by atoms with E-state index in [1.54, 1.807) is 0 Å². The molecular weight excluding hydrogens is 156 g/mol. The Morgan fingerprint density at radius 2 is 1.92 bits per heavy atom. The maximum absolute atomic E-state index is 2.50. The van der Waals surface area contributed by atoms with E-state index in [0.29, 0.717) is 0 Å². The fraction of sp³-hybridized carbons (Fsp3) is 0.846. The summed E-state index contributed by atoms with van der Waals surface area (Å²) in [5.41, 5.74) is 0. The Hall–Kier alpha value is -0.260. The predicted molar refractivity (Wildman–Crippen MR) is 57.5 cm³/mol. The number of hydrogen-bond donors (Lipinski definition) is 0. The van der Waals surface area contributed by atoms with Gasteiger partial charge in [0.1, 0.15) is 0 Å². The summed E-state index contributed by atoms with van der Waals surface area (Å²) in [7, 11) is 0. The van der Waals surface area contributed by atoms with Crippen LogP contribution in [-0.2, 0) is 0 Å². The molecule has 0 aromatic rings. The van der Waals surface area contributed by atoms with Crippen molar-refractivity contribution < 1.29 is 0 Å². The third kappa shape index (κ3) is 1.56. The van der Waals surface area contributed by atoms with E-state index in [4.69, 9.17) is 0 Å². The second kappa shape index (κ2) is 3.48. The molecule has 2 aliphatic rings. The van der Waals surface area contributed by atoms with Gasteiger partial charge in [-0.25, -0.2) is 0 Å². The lowest BCUT2D eigenvalue weighted by Gasteiger charge is -2.27. The monoisotopic (exact) mass is 178 g/mol. The van der Waals surface area contributed by atoms with Gasteiger partial charge in [0.2, 0.25) is 0 Å². The largest absolute Gasteiger partial charge is 0.0848 e. The topological polar surface area (TPSA) is 0 Å². The third-order valence-electron chi connectivity index (χ3n) is 4.37. The highest BCUT2D eigenvalue weighted by Gasteiger charge is 2.46. The molecule has 0 nitrogen and oxygen atoms in total. The van der Waals surface area contributed by atoms with Gasteiger partial charge in [-0.05, 0) is 36.0 Å². The predicted octanol–water partition coefficient (Wildman–Crippen LogP) is 3.88. The van der Waals surface area contributed by atoms with Crippen LogP contribution in [0.2, 0.25) is 0 Å². The van der Waals surface area contributed by atoms with Crippen LogP contribution in [0, 0.1) is 29.6 Å².